The summed E-state index contributed by atoms with van der Waals surface area (Å²) < 4.78 is 11.1. The molecule has 1 aromatic rings. The first-order chi connectivity index (χ1) is 9.10. The number of ether oxygens (including phenoxy) is 2. The number of methoxy groups -OCH3 is 1. The van der Waals surface area contributed by atoms with Gasteiger partial charge in [0.05, 0.1) is 7.11 Å². The Bertz CT molecular complexity index is 474. The number of primary amides is 1. The van der Waals surface area contributed by atoms with Crippen molar-refractivity contribution in [2.45, 2.75) is 32.4 Å². The highest BCUT2D eigenvalue weighted by molar-refractivity contribution is 5.73. The van der Waals surface area contributed by atoms with Crippen molar-refractivity contribution in [3.8, 4) is 11.5 Å². The minimum Gasteiger partial charge on any atom is -0.497 e. The SMILES string of the molecule is COc1cc(CNCCC(N)=O)c2c(c1)C[C@@H](C)O2. The molecule has 1 aromatic carbocycles. The lowest BCUT2D eigenvalue weighted by atomic mass is 10.1. The minimum atomic E-state index is -0.298. The van der Waals surface area contributed by atoms with Gasteiger partial charge in [0.15, 0.2) is 0 Å². The number of hydrogen-bond donors (Lipinski definition) is 2. The molecule has 3 N–H and O–H groups in total. The van der Waals surface area contributed by atoms with Crippen LogP contribution in [0.5, 0.6) is 11.5 Å². The number of nitrogens with one attached hydrogen (secondary N) is 1. The van der Waals surface area contributed by atoms with E-state index in [0.717, 1.165) is 23.5 Å². The molecule has 0 bridgehead atoms. The summed E-state index contributed by atoms with van der Waals surface area (Å²) in [5, 5.41) is 3.19. The smallest absolute Gasteiger partial charge is 0.218 e. The predicted molar refractivity (Wildman–Crippen MR) is 72.3 cm³/mol. The van der Waals surface area contributed by atoms with E-state index in [4.69, 9.17) is 15.2 Å². The van der Waals surface area contributed by atoms with Gasteiger partial charge in [-0.3, -0.25) is 4.79 Å². The molecule has 0 saturated heterocycles. The lowest BCUT2D eigenvalue weighted by Gasteiger charge is -2.12. The molecule has 5 nitrogen and oxygen atoms in total. The van der Waals surface area contributed by atoms with Crippen LogP contribution >= 0.6 is 0 Å². The molecule has 2 rings (SSSR count). The number of hydrogen-bond acceptors (Lipinski definition) is 4. The quantitative estimate of drug-likeness (QED) is 0.751. The minimum absolute atomic E-state index is 0.200. The molecule has 0 saturated carbocycles. The fraction of sp³-hybridized carbons (Fsp3) is 0.500. The first kappa shape index (κ1) is 13.7. The van der Waals surface area contributed by atoms with Gasteiger partial charge >= 0.3 is 0 Å². The number of nitrogens with two attached hydrogens (primary N) is 1. The zero-order chi connectivity index (χ0) is 13.8. The van der Waals surface area contributed by atoms with E-state index in [9.17, 15) is 4.79 Å². The Morgan fingerprint density at radius 2 is 2.37 bits per heavy atom. The Morgan fingerprint density at radius 1 is 1.58 bits per heavy atom. The third kappa shape index (κ3) is 3.38. The van der Waals surface area contributed by atoms with Crippen LogP contribution < -0.4 is 20.5 Å². The van der Waals surface area contributed by atoms with Gasteiger partial charge in [-0.05, 0) is 19.1 Å². The van der Waals surface area contributed by atoms with Crippen LogP contribution in [-0.2, 0) is 17.8 Å². The number of carbonyl (C=O) groups is 1. The summed E-state index contributed by atoms with van der Waals surface area (Å²) in [6.45, 7) is 3.26. The summed E-state index contributed by atoms with van der Waals surface area (Å²) in [4.78, 5) is 10.7. The van der Waals surface area contributed by atoms with Crippen LogP contribution in [-0.4, -0.2) is 25.7 Å². The van der Waals surface area contributed by atoms with Crippen LogP contribution in [0, 0.1) is 0 Å². The molecule has 0 fully saturated rings. The van der Waals surface area contributed by atoms with Crippen molar-refractivity contribution in [1.82, 2.24) is 5.32 Å². The van der Waals surface area contributed by atoms with E-state index in [1.807, 2.05) is 12.1 Å². The van der Waals surface area contributed by atoms with E-state index in [1.165, 1.54) is 5.56 Å². The molecule has 0 radical (unpaired) electrons. The number of fused-ring (bicyclic) bond motifs is 1. The molecule has 0 aromatic heterocycles. The second-order valence-corrected chi connectivity index (χ2v) is 4.80. The van der Waals surface area contributed by atoms with Crippen molar-refractivity contribution in [3.05, 3.63) is 23.3 Å². The molecule has 104 valence electrons. The van der Waals surface area contributed by atoms with Gasteiger partial charge in [0.25, 0.3) is 0 Å². The zero-order valence-electron chi connectivity index (χ0n) is 11.4. The molecular weight excluding hydrogens is 244 g/mol. The van der Waals surface area contributed by atoms with Gasteiger partial charge in [0.1, 0.15) is 17.6 Å². The van der Waals surface area contributed by atoms with E-state index in [0.29, 0.717) is 19.5 Å². The van der Waals surface area contributed by atoms with Crippen LogP contribution in [0.15, 0.2) is 12.1 Å². The first-order valence-corrected chi connectivity index (χ1v) is 6.45. The number of amides is 1. The molecule has 1 atom stereocenters. The van der Waals surface area contributed by atoms with Crippen molar-refractivity contribution >= 4 is 5.91 Å². The number of rotatable bonds is 6. The van der Waals surface area contributed by atoms with Gasteiger partial charge < -0.3 is 20.5 Å². The summed E-state index contributed by atoms with van der Waals surface area (Å²) >= 11 is 0. The van der Waals surface area contributed by atoms with Gasteiger partial charge in [-0.25, -0.2) is 0 Å². The topological polar surface area (TPSA) is 73.6 Å². The van der Waals surface area contributed by atoms with E-state index in [1.54, 1.807) is 7.11 Å². The first-order valence-electron chi connectivity index (χ1n) is 6.45. The molecule has 0 spiro atoms. The highest BCUT2D eigenvalue weighted by Crippen LogP contribution is 2.36. The standard InChI is InChI=1S/C14H20N2O3/c1-9-5-10-6-12(18-2)7-11(14(10)19-9)8-16-4-3-13(15)17/h6-7,9,16H,3-5,8H2,1-2H3,(H2,15,17)/t9-/m1/s1. The van der Waals surface area contributed by atoms with E-state index >= 15 is 0 Å². The van der Waals surface area contributed by atoms with E-state index in [-0.39, 0.29) is 12.0 Å². The molecule has 1 aliphatic heterocycles. The predicted octanol–water partition coefficient (Wildman–Crippen LogP) is 0.984. The third-order valence-electron chi connectivity index (χ3n) is 3.14. The summed E-state index contributed by atoms with van der Waals surface area (Å²) in [6.07, 6.45) is 1.44. The van der Waals surface area contributed by atoms with Crippen molar-refractivity contribution in [2.75, 3.05) is 13.7 Å². The Kier molecular flexibility index (Phi) is 4.27. The maximum absolute atomic E-state index is 10.7. The molecule has 1 heterocycles. The van der Waals surface area contributed by atoms with Crippen LogP contribution in [0.1, 0.15) is 24.5 Å². The Labute approximate surface area is 113 Å². The van der Waals surface area contributed by atoms with Crippen molar-refractivity contribution in [3.63, 3.8) is 0 Å². The van der Waals surface area contributed by atoms with Crippen LogP contribution in [0.2, 0.25) is 0 Å². The molecule has 0 unspecified atom stereocenters. The second kappa shape index (κ2) is 5.93. The van der Waals surface area contributed by atoms with E-state index < -0.39 is 0 Å². The average molecular weight is 264 g/mol. The Morgan fingerprint density at radius 3 is 3.05 bits per heavy atom. The van der Waals surface area contributed by atoms with Gasteiger partial charge in [-0.15, -0.1) is 0 Å². The summed E-state index contributed by atoms with van der Waals surface area (Å²) in [6, 6.07) is 3.99. The van der Waals surface area contributed by atoms with Crippen molar-refractivity contribution < 1.29 is 14.3 Å². The Balaban J connectivity index is 2.07. The highest BCUT2D eigenvalue weighted by Gasteiger charge is 2.23. The summed E-state index contributed by atoms with van der Waals surface area (Å²) in [7, 11) is 1.66. The number of carbonyl (C=O) groups excluding carboxylic acids is 1. The normalized spacial score (nSPS) is 16.8. The van der Waals surface area contributed by atoms with Gasteiger partial charge in [-0.1, -0.05) is 0 Å². The summed E-state index contributed by atoms with van der Waals surface area (Å²) in [5.41, 5.74) is 7.34. The largest absolute Gasteiger partial charge is 0.497 e. The average Bonchev–Trinajstić information content (AvgIpc) is 2.74. The van der Waals surface area contributed by atoms with Crippen LogP contribution in [0.25, 0.3) is 0 Å². The fourth-order valence-electron chi connectivity index (χ4n) is 2.26. The fourth-order valence-corrected chi connectivity index (χ4v) is 2.26. The lowest BCUT2D eigenvalue weighted by Crippen LogP contribution is -2.21. The highest BCUT2D eigenvalue weighted by atomic mass is 16.5. The Hall–Kier alpha value is -1.75. The molecule has 19 heavy (non-hydrogen) atoms. The molecular formula is C14H20N2O3. The third-order valence-corrected chi connectivity index (χ3v) is 3.14. The van der Waals surface area contributed by atoms with E-state index in [2.05, 4.69) is 12.2 Å². The van der Waals surface area contributed by atoms with Crippen molar-refractivity contribution in [2.24, 2.45) is 5.73 Å². The molecule has 5 heteroatoms. The van der Waals surface area contributed by atoms with Crippen molar-refractivity contribution in [1.29, 1.82) is 0 Å². The maximum Gasteiger partial charge on any atom is 0.218 e. The molecule has 1 aliphatic rings. The molecule has 0 aliphatic carbocycles. The van der Waals surface area contributed by atoms with Gasteiger partial charge in [0, 0.05) is 37.1 Å². The van der Waals surface area contributed by atoms with Crippen LogP contribution in [0.3, 0.4) is 0 Å². The van der Waals surface area contributed by atoms with Gasteiger partial charge in [0.2, 0.25) is 5.91 Å². The maximum atomic E-state index is 10.7. The number of benzene rings is 1. The second-order valence-electron chi connectivity index (χ2n) is 4.80. The van der Waals surface area contributed by atoms with Gasteiger partial charge in [-0.2, -0.15) is 0 Å². The summed E-state index contributed by atoms with van der Waals surface area (Å²) in [5.74, 6) is 1.48. The monoisotopic (exact) mass is 264 g/mol. The lowest BCUT2D eigenvalue weighted by molar-refractivity contribution is -0.117. The van der Waals surface area contributed by atoms with Crippen LogP contribution in [0.4, 0.5) is 0 Å². The zero-order valence-corrected chi connectivity index (χ0v) is 11.4. The molecule has 1 amide bonds.